The molecule has 0 amide bonds. The number of aliphatic hydroxyl groups excluding tert-OH is 1. The molecule has 6 heteroatoms. The minimum absolute atomic E-state index is 0.140. The zero-order valence-corrected chi connectivity index (χ0v) is 8.55. The monoisotopic (exact) mass is 267 g/mol. The van der Waals surface area contributed by atoms with Crippen LogP contribution in [0.25, 0.3) is 0 Å². The van der Waals surface area contributed by atoms with E-state index in [0.29, 0.717) is 6.07 Å². The van der Waals surface area contributed by atoms with Crippen LogP contribution in [0.2, 0.25) is 0 Å². The fraction of sp³-hybridized carbons (Fsp3) is 0.250. The first-order valence-electron chi connectivity index (χ1n) is 3.73. The van der Waals surface area contributed by atoms with E-state index < -0.39 is 28.0 Å². The topological polar surface area (TPSA) is 66.5 Å². The van der Waals surface area contributed by atoms with Gasteiger partial charge in [-0.15, -0.1) is 0 Å². The number of aliphatic hydroxyl groups is 1. The quantitative estimate of drug-likeness (QED) is 0.711. The molecule has 0 saturated carbocycles. The van der Waals surface area contributed by atoms with E-state index >= 15 is 0 Å². The van der Waals surface area contributed by atoms with E-state index in [1.165, 1.54) is 0 Å². The van der Waals surface area contributed by atoms with E-state index in [2.05, 4.69) is 15.9 Å². The Labute approximate surface area is 87.3 Å². The van der Waals surface area contributed by atoms with Gasteiger partial charge >= 0.3 is 0 Å². The Morgan fingerprint density at radius 1 is 1.50 bits per heavy atom. The highest BCUT2D eigenvalue weighted by molar-refractivity contribution is 9.10. The van der Waals surface area contributed by atoms with Gasteiger partial charge in [0.25, 0.3) is 0 Å². The van der Waals surface area contributed by atoms with Crippen LogP contribution in [0.15, 0.2) is 10.5 Å². The molecule has 0 aromatic heterocycles. The fourth-order valence-corrected chi connectivity index (χ4v) is 1.40. The maximum atomic E-state index is 12.8. The highest BCUT2D eigenvalue weighted by Gasteiger charge is 2.19. The van der Waals surface area contributed by atoms with Gasteiger partial charge in [-0.1, -0.05) is 0 Å². The van der Waals surface area contributed by atoms with Gasteiger partial charge in [-0.25, -0.2) is 8.78 Å². The SMILES string of the molecule is NCC(O)c1cc(F)c(F)c(Br)c1O. The van der Waals surface area contributed by atoms with Crippen molar-refractivity contribution in [2.75, 3.05) is 6.54 Å². The molecule has 3 nitrogen and oxygen atoms in total. The molecule has 0 spiro atoms. The van der Waals surface area contributed by atoms with Gasteiger partial charge in [0.05, 0.1) is 10.6 Å². The van der Waals surface area contributed by atoms with Crippen molar-refractivity contribution in [1.82, 2.24) is 0 Å². The first-order chi connectivity index (χ1) is 6.49. The van der Waals surface area contributed by atoms with Crippen molar-refractivity contribution < 1.29 is 19.0 Å². The molecule has 0 aliphatic heterocycles. The molecule has 0 heterocycles. The second kappa shape index (κ2) is 4.20. The number of phenols is 1. The molecule has 4 N–H and O–H groups in total. The molecule has 1 rings (SSSR count). The van der Waals surface area contributed by atoms with Crippen LogP contribution in [0.4, 0.5) is 8.78 Å². The molecule has 0 radical (unpaired) electrons. The molecule has 1 aromatic carbocycles. The average molecular weight is 268 g/mol. The summed E-state index contributed by atoms with van der Waals surface area (Å²) >= 11 is 2.66. The summed E-state index contributed by atoms with van der Waals surface area (Å²) in [5.74, 6) is -2.89. The Morgan fingerprint density at radius 3 is 2.57 bits per heavy atom. The van der Waals surface area contributed by atoms with Gasteiger partial charge in [0.15, 0.2) is 11.6 Å². The van der Waals surface area contributed by atoms with Crippen LogP contribution in [0, 0.1) is 11.6 Å². The predicted octanol–water partition coefficient (Wildman–Crippen LogP) is 1.42. The van der Waals surface area contributed by atoms with E-state index in [4.69, 9.17) is 5.73 Å². The Hall–Kier alpha value is -0.720. The van der Waals surface area contributed by atoms with Crippen LogP contribution in [-0.4, -0.2) is 16.8 Å². The average Bonchev–Trinajstić information content (AvgIpc) is 2.19. The zero-order chi connectivity index (χ0) is 10.9. The lowest BCUT2D eigenvalue weighted by molar-refractivity contribution is 0.181. The van der Waals surface area contributed by atoms with Gasteiger partial charge in [0.1, 0.15) is 5.75 Å². The number of phenolic OH excluding ortho intramolecular Hbond substituents is 1. The Kier molecular flexibility index (Phi) is 3.41. The number of hydrogen-bond acceptors (Lipinski definition) is 3. The van der Waals surface area contributed by atoms with Crippen molar-refractivity contribution in [3.63, 3.8) is 0 Å². The van der Waals surface area contributed by atoms with Gasteiger partial charge in [-0.2, -0.15) is 0 Å². The number of halogens is 3. The van der Waals surface area contributed by atoms with Gasteiger partial charge < -0.3 is 15.9 Å². The van der Waals surface area contributed by atoms with E-state index in [1.54, 1.807) is 0 Å². The Morgan fingerprint density at radius 2 is 2.07 bits per heavy atom. The summed E-state index contributed by atoms with van der Waals surface area (Å²) in [7, 11) is 0. The zero-order valence-electron chi connectivity index (χ0n) is 6.97. The lowest BCUT2D eigenvalue weighted by Gasteiger charge is -2.12. The van der Waals surface area contributed by atoms with Crippen molar-refractivity contribution in [3.8, 4) is 5.75 Å². The van der Waals surface area contributed by atoms with E-state index in [9.17, 15) is 19.0 Å². The molecule has 1 aromatic rings. The van der Waals surface area contributed by atoms with Gasteiger partial charge in [0.2, 0.25) is 0 Å². The van der Waals surface area contributed by atoms with Crippen LogP contribution in [0.3, 0.4) is 0 Å². The molecule has 0 aliphatic carbocycles. The molecule has 1 atom stereocenters. The summed E-state index contributed by atoms with van der Waals surface area (Å²) in [4.78, 5) is 0. The third kappa shape index (κ3) is 1.87. The molecular weight excluding hydrogens is 260 g/mol. The summed E-state index contributed by atoms with van der Waals surface area (Å²) in [5, 5.41) is 18.6. The third-order valence-corrected chi connectivity index (χ3v) is 2.47. The minimum Gasteiger partial charge on any atom is -0.506 e. The highest BCUT2D eigenvalue weighted by Crippen LogP contribution is 2.35. The summed E-state index contributed by atoms with van der Waals surface area (Å²) in [6.07, 6.45) is -1.22. The largest absolute Gasteiger partial charge is 0.506 e. The lowest BCUT2D eigenvalue weighted by atomic mass is 10.1. The number of nitrogens with two attached hydrogens (primary N) is 1. The number of benzene rings is 1. The predicted molar refractivity (Wildman–Crippen MR) is 49.7 cm³/mol. The molecule has 14 heavy (non-hydrogen) atoms. The normalized spacial score (nSPS) is 12.9. The van der Waals surface area contributed by atoms with Crippen molar-refractivity contribution in [2.45, 2.75) is 6.10 Å². The Balaban J connectivity index is 3.33. The van der Waals surface area contributed by atoms with Crippen molar-refractivity contribution in [1.29, 1.82) is 0 Å². The first-order valence-corrected chi connectivity index (χ1v) is 4.52. The molecule has 0 saturated heterocycles. The molecule has 78 valence electrons. The smallest absolute Gasteiger partial charge is 0.176 e. The number of hydrogen-bond donors (Lipinski definition) is 3. The van der Waals surface area contributed by atoms with Crippen LogP contribution in [-0.2, 0) is 0 Å². The molecule has 1 unspecified atom stereocenters. The summed E-state index contributed by atoms with van der Waals surface area (Å²) in [5.41, 5.74) is 4.98. The van der Waals surface area contributed by atoms with Crippen molar-refractivity contribution >= 4 is 15.9 Å². The van der Waals surface area contributed by atoms with Gasteiger partial charge in [-0.05, 0) is 22.0 Å². The maximum Gasteiger partial charge on any atom is 0.176 e. The van der Waals surface area contributed by atoms with Crippen LogP contribution in [0.5, 0.6) is 5.75 Å². The molecular formula is C8H8BrF2NO2. The second-order valence-corrected chi connectivity index (χ2v) is 3.47. The van der Waals surface area contributed by atoms with Crippen LogP contribution >= 0.6 is 15.9 Å². The third-order valence-electron chi connectivity index (χ3n) is 1.75. The summed E-state index contributed by atoms with van der Waals surface area (Å²) < 4.78 is 25.3. The van der Waals surface area contributed by atoms with E-state index in [0.717, 1.165) is 0 Å². The molecule has 0 aliphatic rings. The second-order valence-electron chi connectivity index (χ2n) is 2.68. The first kappa shape index (κ1) is 11.4. The van der Waals surface area contributed by atoms with Crippen LogP contribution < -0.4 is 5.73 Å². The van der Waals surface area contributed by atoms with E-state index in [1.807, 2.05) is 0 Å². The minimum atomic E-state index is -1.22. The number of aromatic hydroxyl groups is 1. The maximum absolute atomic E-state index is 12.8. The van der Waals surface area contributed by atoms with Crippen molar-refractivity contribution in [3.05, 3.63) is 27.7 Å². The van der Waals surface area contributed by atoms with Crippen LogP contribution in [0.1, 0.15) is 11.7 Å². The molecule has 0 bridgehead atoms. The van der Waals surface area contributed by atoms with Gasteiger partial charge in [-0.3, -0.25) is 0 Å². The number of rotatable bonds is 2. The van der Waals surface area contributed by atoms with E-state index in [-0.39, 0.29) is 12.1 Å². The fourth-order valence-electron chi connectivity index (χ4n) is 0.985. The standard InChI is InChI=1S/C8H8BrF2NO2/c9-6-7(11)4(10)1-3(8(6)14)5(13)2-12/h1,5,13-14H,2,12H2. The Bertz CT molecular complexity index is 360. The molecule has 0 fully saturated rings. The lowest BCUT2D eigenvalue weighted by Crippen LogP contribution is -2.12. The van der Waals surface area contributed by atoms with Crippen molar-refractivity contribution in [2.24, 2.45) is 5.73 Å². The summed E-state index contributed by atoms with van der Waals surface area (Å²) in [6, 6.07) is 0.715. The highest BCUT2D eigenvalue weighted by atomic mass is 79.9. The summed E-state index contributed by atoms with van der Waals surface area (Å²) in [6.45, 7) is -0.189. The van der Waals surface area contributed by atoms with Gasteiger partial charge in [0, 0.05) is 12.1 Å².